The minimum Gasteiger partial charge on any atom is -0.506 e. The van der Waals surface area contributed by atoms with E-state index in [-0.39, 0.29) is 5.76 Å². The Morgan fingerprint density at radius 1 is 1.43 bits per heavy atom. The summed E-state index contributed by atoms with van der Waals surface area (Å²) < 4.78 is 0. The molecule has 2 N–H and O–H groups in total. The van der Waals surface area contributed by atoms with Gasteiger partial charge in [-0.3, -0.25) is 4.79 Å². The smallest absolute Gasteiger partial charge is 0.376 e. The van der Waals surface area contributed by atoms with Crippen LogP contribution in [0.1, 0.15) is 10.4 Å². The third kappa shape index (κ3) is 2.43. The normalized spacial score (nSPS) is 11.4. The van der Waals surface area contributed by atoms with Crippen molar-refractivity contribution in [2.75, 3.05) is 0 Å². The Bertz CT molecular complexity index is 403. The molecule has 1 rings (SSSR count). The topological polar surface area (TPSA) is 74.6 Å². The second-order valence-corrected chi connectivity index (χ2v) is 3.60. The Morgan fingerprint density at radius 2 is 2.07 bits per heavy atom. The summed E-state index contributed by atoms with van der Waals surface area (Å²) >= 11 is 1.25. The van der Waals surface area contributed by atoms with Gasteiger partial charge < -0.3 is 10.2 Å². The second-order valence-electron chi connectivity index (χ2n) is 2.69. The molecule has 0 aliphatic carbocycles. The first kappa shape index (κ1) is 10.5. The van der Waals surface area contributed by atoms with E-state index in [9.17, 15) is 14.7 Å². The highest BCUT2D eigenvalue weighted by Gasteiger charge is 2.11. The van der Waals surface area contributed by atoms with E-state index >= 15 is 0 Å². The highest BCUT2D eigenvalue weighted by Crippen LogP contribution is 2.20. The van der Waals surface area contributed by atoms with Gasteiger partial charge in [-0.1, -0.05) is 0 Å². The van der Waals surface area contributed by atoms with Gasteiger partial charge >= 0.3 is 5.97 Å². The molecule has 0 aromatic carbocycles. The number of carbonyl (C=O) groups excluding carboxylic acids is 1. The summed E-state index contributed by atoms with van der Waals surface area (Å²) in [5.74, 6) is -3.02. The minimum absolute atomic E-state index is 0.310. The quantitative estimate of drug-likeness (QED) is 0.453. The Morgan fingerprint density at radius 3 is 2.50 bits per heavy atom. The van der Waals surface area contributed by atoms with Crippen molar-refractivity contribution in [3.8, 4) is 0 Å². The molecule has 0 bridgehead atoms. The first-order valence-electron chi connectivity index (χ1n) is 3.74. The summed E-state index contributed by atoms with van der Waals surface area (Å²) in [5, 5.41) is 19.4. The third-order valence-corrected chi connectivity index (χ3v) is 2.53. The molecule has 0 atom stereocenters. The maximum absolute atomic E-state index is 10.7. The van der Waals surface area contributed by atoms with Crippen LogP contribution >= 0.6 is 11.3 Å². The molecule has 5 heteroatoms. The minimum atomic E-state index is -1.58. The van der Waals surface area contributed by atoms with E-state index in [2.05, 4.69) is 0 Å². The first-order chi connectivity index (χ1) is 6.50. The van der Waals surface area contributed by atoms with Crippen LogP contribution in [0.5, 0.6) is 0 Å². The number of carbonyl (C=O) groups is 2. The van der Waals surface area contributed by atoms with Crippen molar-refractivity contribution in [2.24, 2.45) is 0 Å². The van der Waals surface area contributed by atoms with Gasteiger partial charge in [-0.15, -0.1) is 11.3 Å². The van der Waals surface area contributed by atoms with Crippen molar-refractivity contribution in [2.45, 2.75) is 6.92 Å². The van der Waals surface area contributed by atoms with Gasteiger partial charge in [-0.05, 0) is 23.9 Å². The van der Waals surface area contributed by atoms with Crippen LogP contribution in [0.2, 0.25) is 0 Å². The maximum Gasteiger partial charge on any atom is 0.376 e. The SMILES string of the molecule is Cc1csc(C(O)=CC(=O)C(=O)O)c1. The zero-order chi connectivity index (χ0) is 10.7. The number of aliphatic carboxylic acids is 1. The molecular weight excluding hydrogens is 204 g/mol. The maximum atomic E-state index is 10.7. The van der Waals surface area contributed by atoms with Gasteiger partial charge in [0.1, 0.15) is 5.76 Å². The van der Waals surface area contributed by atoms with Gasteiger partial charge in [0.15, 0.2) is 0 Å². The first-order valence-corrected chi connectivity index (χ1v) is 4.62. The van der Waals surface area contributed by atoms with Gasteiger partial charge in [0.25, 0.3) is 5.78 Å². The molecule has 74 valence electrons. The summed E-state index contributed by atoms with van der Waals surface area (Å²) in [4.78, 5) is 21.4. The number of hydrogen-bond acceptors (Lipinski definition) is 4. The number of rotatable bonds is 3. The molecule has 0 saturated heterocycles. The molecule has 0 aliphatic heterocycles. The molecule has 0 radical (unpaired) electrons. The Labute approximate surface area is 84.1 Å². The largest absolute Gasteiger partial charge is 0.506 e. The summed E-state index contributed by atoms with van der Waals surface area (Å²) in [6.07, 6.45) is 0.702. The molecule has 1 aromatic rings. The number of ketones is 1. The third-order valence-electron chi connectivity index (χ3n) is 1.46. The molecular formula is C9H8O4S. The van der Waals surface area contributed by atoms with Gasteiger partial charge in [0.05, 0.1) is 4.88 Å². The van der Waals surface area contributed by atoms with Gasteiger partial charge in [-0.2, -0.15) is 0 Å². The summed E-state index contributed by atoms with van der Waals surface area (Å²) in [6.45, 7) is 1.84. The van der Waals surface area contributed by atoms with E-state index in [1.165, 1.54) is 11.3 Å². The monoisotopic (exact) mass is 212 g/mol. The Balaban J connectivity index is 2.90. The summed E-state index contributed by atoms with van der Waals surface area (Å²) in [7, 11) is 0. The van der Waals surface area contributed by atoms with Crippen LogP contribution in [-0.4, -0.2) is 22.0 Å². The molecule has 0 spiro atoms. The predicted octanol–water partition coefficient (Wildman–Crippen LogP) is 1.61. The number of aliphatic hydroxyl groups is 1. The lowest BCUT2D eigenvalue weighted by molar-refractivity contribution is -0.146. The molecule has 0 fully saturated rings. The van der Waals surface area contributed by atoms with Crippen LogP contribution in [0, 0.1) is 6.92 Å². The summed E-state index contributed by atoms with van der Waals surface area (Å²) in [5.41, 5.74) is 0.952. The zero-order valence-electron chi connectivity index (χ0n) is 7.35. The molecule has 1 heterocycles. The van der Waals surface area contributed by atoms with Crippen molar-refractivity contribution in [3.63, 3.8) is 0 Å². The Kier molecular flexibility index (Phi) is 3.03. The van der Waals surface area contributed by atoms with E-state index in [4.69, 9.17) is 5.11 Å². The zero-order valence-corrected chi connectivity index (χ0v) is 8.17. The standard InChI is InChI=1S/C9H8O4S/c1-5-2-8(14-4-5)6(10)3-7(11)9(12)13/h2-4,10H,1H3,(H,12,13). The molecule has 0 saturated carbocycles. The van der Waals surface area contributed by atoms with E-state index in [0.29, 0.717) is 11.0 Å². The second kappa shape index (κ2) is 4.06. The van der Waals surface area contributed by atoms with Crippen LogP contribution in [0.3, 0.4) is 0 Å². The fourth-order valence-electron chi connectivity index (χ4n) is 0.823. The molecule has 0 amide bonds. The molecule has 0 unspecified atom stereocenters. The lowest BCUT2D eigenvalue weighted by atomic mass is 10.2. The molecule has 4 nitrogen and oxygen atoms in total. The van der Waals surface area contributed by atoms with Crippen molar-refractivity contribution in [1.29, 1.82) is 0 Å². The van der Waals surface area contributed by atoms with Gasteiger partial charge in [-0.25, -0.2) is 4.79 Å². The lowest BCUT2D eigenvalue weighted by Gasteiger charge is -1.92. The van der Waals surface area contributed by atoms with Crippen molar-refractivity contribution in [3.05, 3.63) is 28.0 Å². The average molecular weight is 212 g/mol. The number of aliphatic hydroxyl groups excluding tert-OH is 1. The summed E-state index contributed by atoms with van der Waals surface area (Å²) in [6, 6.07) is 1.67. The van der Waals surface area contributed by atoms with E-state index in [0.717, 1.165) is 5.56 Å². The van der Waals surface area contributed by atoms with E-state index in [1.54, 1.807) is 11.4 Å². The number of carboxylic acid groups (broad SMARTS) is 1. The number of thiophene rings is 1. The number of carboxylic acids is 1. The lowest BCUT2D eigenvalue weighted by Crippen LogP contribution is -2.09. The van der Waals surface area contributed by atoms with Crippen LogP contribution in [-0.2, 0) is 9.59 Å². The van der Waals surface area contributed by atoms with Crippen LogP contribution < -0.4 is 0 Å². The van der Waals surface area contributed by atoms with Crippen molar-refractivity contribution in [1.82, 2.24) is 0 Å². The van der Waals surface area contributed by atoms with Crippen molar-refractivity contribution >= 4 is 28.8 Å². The van der Waals surface area contributed by atoms with Gasteiger partial charge in [0.2, 0.25) is 0 Å². The Hall–Kier alpha value is -1.62. The highest BCUT2D eigenvalue weighted by atomic mass is 32.1. The van der Waals surface area contributed by atoms with Crippen LogP contribution in [0.15, 0.2) is 17.5 Å². The molecule has 1 aromatic heterocycles. The average Bonchev–Trinajstić information content (AvgIpc) is 2.51. The fraction of sp³-hybridized carbons (Fsp3) is 0.111. The molecule has 0 aliphatic rings. The predicted molar refractivity (Wildman–Crippen MR) is 52.3 cm³/mol. The number of hydrogen-bond donors (Lipinski definition) is 2. The number of aryl methyl sites for hydroxylation is 1. The van der Waals surface area contributed by atoms with E-state index < -0.39 is 11.8 Å². The van der Waals surface area contributed by atoms with Crippen molar-refractivity contribution < 1.29 is 19.8 Å². The van der Waals surface area contributed by atoms with Gasteiger partial charge in [0, 0.05) is 6.08 Å². The van der Waals surface area contributed by atoms with Crippen LogP contribution in [0.25, 0.3) is 5.76 Å². The van der Waals surface area contributed by atoms with E-state index in [1.807, 2.05) is 6.92 Å². The molecule has 14 heavy (non-hydrogen) atoms. The van der Waals surface area contributed by atoms with Crippen LogP contribution in [0.4, 0.5) is 0 Å². The highest BCUT2D eigenvalue weighted by molar-refractivity contribution is 7.11. The fourth-order valence-corrected chi connectivity index (χ4v) is 1.64.